The third-order valence-corrected chi connectivity index (χ3v) is 5.55. The van der Waals surface area contributed by atoms with Gasteiger partial charge in [0.15, 0.2) is 12.4 Å². The van der Waals surface area contributed by atoms with Gasteiger partial charge in [-0.3, -0.25) is 4.79 Å². The first-order chi connectivity index (χ1) is 13.4. The van der Waals surface area contributed by atoms with E-state index >= 15 is 0 Å². The summed E-state index contributed by atoms with van der Waals surface area (Å²) in [5.74, 6) is -0.540. The van der Waals surface area contributed by atoms with Gasteiger partial charge in [0.1, 0.15) is 5.75 Å². The van der Waals surface area contributed by atoms with Crippen LogP contribution in [0.2, 0.25) is 0 Å². The Morgan fingerprint density at radius 1 is 1.11 bits per heavy atom. The molecule has 0 spiro atoms. The first-order valence-electron chi connectivity index (χ1n) is 9.33. The second kappa shape index (κ2) is 6.09. The van der Waals surface area contributed by atoms with Crippen LogP contribution in [0.15, 0.2) is 48.9 Å². The van der Waals surface area contributed by atoms with Crippen molar-refractivity contribution in [2.75, 3.05) is 0 Å². The molecule has 0 bridgehead atoms. The molecule has 1 unspecified atom stereocenters. The van der Waals surface area contributed by atoms with Gasteiger partial charge < -0.3 is 9.30 Å². The van der Waals surface area contributed by atoms with Gasteiger partial charge in [-0.25, -0.2) is 0 Å². The number of hydrogen-bond donors (Lipinski definition) is 0. The molecule has 2 aromatic heterocycles. The van der Waals surface area contributed by atoms with E-state index in [4.69, 9.17) is 0 Å². The molecule has 2 heterocycles. The maximum Gasteiger partial charge on any atom is 0.573 e. The monoisotopic (exact) mass is 387 g/mol. The molecule has 5 rings (SSSR count). The largest absolute Gasteiger partial charge is 0.573 e. The van der Waals surface area contributed by atoms with Gasteiger partial charge in [-0.05, 0) is 43.0 Å². The van der Waals surface area contributed by atoms with Gasteiger partial charge >= 0.3 is 6.36 Å². The van der Waals surface area contributed by atoms with Gasteiger partial charge in [-0.15, -0.1) is 13.2 Å². The molecule has 2 aliphatic carbocycles. The number of alkyl halides is 3. The summed E-state index contributed by atoms with van der Waals surface area (Å²) in [7, 11) is 0. The Kier molecular flexibility index (Phi) is 3.76. The number of carbonyl (C=O) groups is 1. The lowest BCUT2D eigenvalue weighted by atomic mass is 9.86. The number of ether oxygens (including phenoxy) is 1. The van der Waals surface area contributed by atoms with E-state index in [9.17, 15) is 18.0 Å². The number of halogens is 3. The molecule has 1 fully saturated rings. The first-order valence-corrected chi connectivity index (χ1v) is 9.33. The van der Waals surface area contributed by atoms with Crippen molar-refractivity contribution in [3.05, 3.63) is 60.0 Å². The van der Waals surface area contributed by atoms with Crippen molar-refractivity contribution >= 4 is 16.7 Å². The maximum absolute atomic E-state index is 13.0. The molecule has 28 heavy (non-hydrogen) atoms. The molecular weight excluding hydrogens is 369 g/mol. The predicted octanol–water partition coefficient (Wildman–Crippen LogP) is 4.53. The summed E-state index contributed by atoms with van der Waals surface area (Å²) in [5.41, 5.74) is 2.21. The van der Waals surface area contributed by atoms with E-state index in [1.165, 1.54) is 25.0 Å². The van der Waals surface area contributed by atoms with Crippen molar-refractivity contribution in [2.45, 2.75) is 44.1 Å². The third kappa shape index (κ3) is 3.04. The number of nitrogens with zero attached hydrogens (tertiary/aromatic N) is 2. The maximum atomic E-state index is 13.0. The molecule has 1 saturated carbocycles. The highest BCUT2D eigenvalue weighted by molar-refractivity contribution is 6.00. The average Bonchev–Trinajstić information content (AvgIpc) is 3.40. The highest BCUT2D eigenvalue weighted by atomic mass is 19.4. The highest BCUT2D eigenvalue weighted by Gasteiger charge is 2.36. The van der Waals surface area contributed by atoms with E-state index < -0.39 is 12.4 Å². The van der Waals surface area contributed by atoms with Gasteiger partial charge in [-0.2, -0.15) is 4.57 Å². The second-order valence-electron chi connectivity index (χ2n) is 7.47. The van der Waals surface area contributed by atoms with Crippen LogP contribution >= 0.6 is 0 Å². The number of fused-ring (bicyclic) bond motifs is 2. The molecule has 2 aliphatic rings. The summed E-state index contributed by atoms with van der Waals surface area (Å²) in [6.07, 6.45) is 4.78. The van der Waals surface area contributed by atoms with Crippen LogP contribution in [0.5, 0.6) is 5.75 Å². The minimum atomic E-state index is -4.78. The molecule has 4 nitrogen and oxygen atoms in total. The van der Waals surface area contributed by atoms with Gasteiger partial charge in [0.25, 0.3) is 0 Å². The number of ketones is 1. The Balaban J connectivity index is 1.47. The molecule has 7 heteroatoms. The summed E-state index contributed by atoms with van der Waals surface area (Å²) >= 11 is 0. The number of Topliss-reactive ketones (excluding diaryl/α,β-unsaturated/α-hetero) is 1. The quantitative estimate of drug-likeness (QED) is 0.619. The zero-order valence-electron chi connectivity index (χ0n) is 14.9. The summed E-state index contributed by atoms with van der Waals surface area (Å²) in [6, 6.07) is 8.22. The summed E-state index contributed by atoms with van der Waals surface area (Å²) in [6.45, 7) is 0. The van der Waals surface area contributed by atoms with Crippen LogP contribution in [0.25, 0.3) is 10.9 Å². The lowest BCUT2D eigenvalue weighted by Crippen LogP contribution is -2.45. The number of benzene rings is 1. The zero-order chi connectivity index (χ0) is 19.5. The lowest BCUT2D eigenvalue weighted by Gasteiger charge is -2.21. The molecule has 144 valence electrons. The number of carbonyl (C=O) groups excluding carboxylic acids is 1. The van der Waals surface area contributed by atoms with Crippen LogP contribution < -0.4 is 9.30 Å². The smallest absolute Gasteiger partial charge is 0.406 e. The lowest BCUT2D eigenvalue weighted by molar-refractivity contribution is -0.707. The molecule has 0 saturated heterocycles. The standard InChI is InChI=1S/C21H18F3N2O2/c22-21(23,24)28-16-5-1-13-2-6-19(20(27)17(13)11-16)25-9-8-18-14(12-25)7-10-26(18)15-3-4-15/h1,5,7-12,15,19H,2-4,6H2/q+1. The Bertz CT molecular complexity index is 1080. The topological polar surface area (TPSA) is 35.1 Å². The number of hydrogen-bond acceptors (Lipinski definition) is 2. The van der Waals surface area contributed by atoms with Gasteiger partial charge in [0.2, 0.25) is 11.8 Å². The minimum Gasteiger partial charge on any atom is -0.406 e. The molecule has 3 aromatic rings. The Morgan fingerprint density at radius 2 is 1.93 bits per heavy atom. The molecule has 1 aromatic carbocycles. The van der Waals surface area contributed by atoms with E-state index in [2.05, 4.69) is 15.5 Å². The van der Waals surface area contributed by atoms with E-state index in [1.807, 2.05) is 29.1 Å². The Morgan fingerprint density at radius 3 is 2.68 bits per heavy atom. The van der Waals surface area contributed by atoms with Crippen molar-refractivity contribution in [3.8, 4) is 5.75 Å². The average molecular weight is 387 g/mol. The molecule has 0 aliphatic heterocycles. The number of aromatic nitrogens is 2. The zero-order valence-corrected chi connectivity index (χ0v) is 14.9. The van der Waals surface area contributed by atoms with Crippen LogP contribution in [0.4, 0.5) is 13.2 Å². The molecule has 0 radical (unpaired) electrons. The Hall–Kier alpha value is -2.83. The number of pyridine rings is 1. The van der Waals surface area contributed by atoms with Gasteiger partial charge in [0, 0.05) is 30.3 Å². The third-order valence-electron chi connectivity index (χ3n) is 5.55. The first kappa shape index (κ1) is 17.3. The van der Waals surface area contributed by atoms with E-state index in [0.717, 1.165) is 16.5 Å². The Labute approximate surface area is 159 Å². The summed E-state index contributed by atoms with van der Waals surface area (Å²) < 4.78 is 45.7. The van der Waals surface area contributed by atoms with Crippen molar-refractivity contribution in [1.29, 1.82) is 0 Å². The van der Waals surface area contributed by atoms with E-state index in [-0.39, 0.29) is 11.5 Å². The second-order valence-corrected chi connectivity index (χ2v) is 7.47. The molecule has 1 atom stereocenters. The van der Waals surface area contributed by atoms with Gasteiger partial charge in [-0.1, -0.05) is 6.07 Å². The number of aryl methyl sites for hydroxylation is 1. The summed E-state index contributed by atoms with van der Waals surface area (Å²) in [4.78, 5) is 13.0. The van der Waals surface area contributed by atoms with Crippen LogP contribution in [-0.4, -0.2) is 16.7 Å². The van der Waals surface area contributed by atoms with Gasteiger partial charge in [0.05, 0.1) is 10.9 Å². The number of rotatable bonds is 3. The molecule has 0 amide bonds. The van der Waals surface area contributed by atoms with Crippen LogP contribution in [0, 0.1) is 0 Å². The van der Waals surface area contributed by atoms with E-state index in [1.54, 1.807) is 6.07 Å². The molecule has 0 N–H and O–H groups in total. The highest BCUT2D eigenvalue weighted by Crippen LogP contribution is 2.37. The fraction of sp³-hybridized carbons (Fsp3) is 0.333. The fourth-order valence-electron chi connectivity index (χ4n) is 4.08. The van der Waals surface area contributed by atoms with Crippen molar-refractivity contribution < 1.29 is 27.3 Å². The van der Waals surface area contributed by atoms with E-state index in [0.29, 0.717) is 24.4 Å². The van der Waals surface area contributed by atoms with Crippen molar-refractivity contribution in [3.63, 3.8) is 0 Å². The molecular formula is C21H18F3N2O2+. The summed E-state index contributed by atoms with van der Waals surface area (Å²) in [5, 5.41) is 1.06. The predicted molar refractivity (Wildman–Crippen MR) is 95.2 cm³/mol. The normalized spacial score (nSPS) is 19.7. The van der Waals surface area contributed by atoms with Crippen LogP contribution in [-0.2, 0) is 6.42 Å². The van der Waals surface area contributed by atoms with Crippen molar-refractivity contribution in [1.82, 2.24) is 4.57 Å². The van der Waals surface area contributed by atoms with Crippen molar-refractivity contribution in [2.24, 2.45) is 0 Å². The minimum absolute atomic E-state index is 0.181. The SMILES string of the molecule is O=C1c2cc(OC(F)(F)F)ccc2CCC1[n+]1ccc2c(ccn2C2CC2)c1. The van der Waals surface area contributed by atoms with Crippen LogP contribution in [0.3, 0.4) is 0 Å². The van der Waals surface area contributed by atoms with Crippen LogP contribution in [0.1, 0.15) is 47.3 Å². The fourth-order valence-corrected chi connectivity index (χ4v) is 4.08.